The fourth-order valence-corrected chi connectivity index (χ4v) is 8.51. The van der Waals surface area contributed by atoms with Crippen LogP contribution in [-0.4, -0.2) is 48.6 Å². The van der Waals surface area contributed by atoms with Gasteiger partial charge in [-0.2, -0.15) is 0 Å². The first-order valence-electron chi connectivity index (χ1n) is 11.4. The molecule has 2 spiro atoms. The molecular formula is C24H32O6. The van der Waals surface area contributed by atoms with Crippen LogP contribution in [0.3, 0.4) is 0 Å². The fraction of sp³-hybridized carbons (Fsp3) is 0.792. The van der Waals surface area contributed by atoms with E-state index in [-0.39, 0.29) is 30.7 Å². The van der Waals surface area contributed by atoms with Crippen LogP contribution in [0.25, 0.3) is 0 Å². The van der Waals surface area contributed by atoms with Crippen LogP contribution in [0.2, 0.25) is 0 Å². The van der Waals surface area contributed by atoms with E-state index < -0.39 is 22.9 Å². The molecular weight excluding hydrogens is 384 g/mol. The second-order valence-corrected chi connectivity index (χ2v) is 10.8. The van der Waals surface area contributed by atoms with Crippen molar-refractivity contribution in [1.29, 1.82) is 0 Å². The Hall–Kier alpha value is -1.05. The van der Waals surface area contributed by atoms with Crippen molar-refractivity contribution in [2.24, 2.45) is 28.6 Å². The Kier molecular flexibility index (Phi) is 3.95. The minimum Gasteiger partial charge on any atom is -0.392 e. The molecule has 2 heterocycles. The Morgan fingerprint density at radius 2 is 1.93 bits per heavy atom. The highest BCUT2D eigenvalue weighted by atomic mass is 16.9. The summed E-state index contributed by atoms with van der Waals surface area (Å²) in [5.74, 6) is 0.304. The van der Waals surface area contributed by atoms with Crippen molar-refractivity contribution < 1.29 is 28.8 Å². The van der Waals surface area contributed by atoms with Gasteiger partial charge in [-0.05, 0) is 66.9 Å². The lowest BCUT2D eigenvalue weighted by Gasteiger charge is -2.62. The molecule has 0 aromatic rings. The summed E-state index contributed by atoms with van der Waals surface area (Å²) in [5, 5.41) is 11.7. The average Bonchev–Trinajstić information content (AvgIpc) is 3.41. The maximum Gasteiger partial charge on any atom is 0.226 e. The summed E-state index contributed by atoms with van der Waals surface area (Å²) in [4.78, 5) is 12.2. The number of carbonyl (C=O) groups is 1. The molecule has 1 N–H and O–H groups in total. The van der Waals surface area contributed by atoms with Gasteiger partial charge in [0.1, 0.15) is 12.2 Å². The monoisotopic (exact) mass is 416 g/mol. The van der Waals surface area contributed by atoms with E-state index in [4.69, 9.17) is 18.9 Å². The van der Waals surface area contributed by atoms with Crippen molar-refractivity contribution in [3.05, 3.63) is 23.8 Å². The summed E-state index contributed by atoms with van der Waals surface area (Å²) < 4.78 is 24.0. The molecule has 0 radical (unpaired) electrons. The summed E-state index contributed by atoms with van der Waals surface area (Å²) in [6.07, 6.45) is 6.08. The molecule has 164 valence electrons. The number of hydrogen-bond donors (Lipinski definition) is 1. The summed E-state index contributed by atoms with van der Waals surface area (Å²) in [7, 11) is 0. The molecule has 5 fully saturated rings. The maximum absolute atomic E-state index is 12.2. The first-order chi connectivity index (χ1) is 14.3. The third-order valence-corrected chi connectivity index (χ3v) is 10.0. The number of carbonyl (C=O) groups excluding carboxylic acids is 1. The van der Waals surface area contributed by atoms with E-state index in [1.165, 1.54) is 0 Å². The minimum absolute atomic E-state index is 0.0936. The molecule has 0 amide bonds. The van der Waals surface area contributed by atoms with Crippen molar-refractivity contribution in [2.75, 3.05) is 20.2 Å². The van der Waals surface area contributed by atoms with Crippen LogP contribution in [0.4, 0.5) is 0 Å². The van der Waals surface area contributed by atoms with E-state index in [0.717, 1.165) is 36.8 Å². The zero-order valence-corrected chi connectivity index (χ0v) is 17.9. The minimum atomic E-state index is -0.928. The van der Waals surface area contributed by atoms with Gasteiger partial charge in [-0.3, -0.25) is 4.79 Å². The van der Waals surface area contributed by atoms with Gasteiger partial charge in [0, 0.05) is 11.8 Å². The lowest BCUT2D eigenvalue weighted by atomic mass is 9.44. The van der Waals surface area contributed by atoms with Gasteiger partial charge in [-0.15, -0.1) is 0 Å². The molecule has 3 saturated carbocycles. The zero-order chi connectivity index (χ0) is 20.9. The second kappa shape index (κ2) is 6.04. The molecule has 2 saturated heterocycles. The topological polar surface area (TPSA) is 74.2 Å². The summed E-state index contributed by atoms with van der Waals surface area (Å²) in [5.41, 5.74) is 0.954. The molecule has 6 nitrogen and oxygen atoms in total. The summed E-state index contributed by atoms with van der Waals surface area (Å²) in [6.45, 7) is 9.59. The number of rotatable bonds is 0. The molecule has 2 aliphatic heterocycles. The van der Waals surface area contributed by atoms with E-state index in [1.807, 2.05) is 6.08 Å². The van der Waals surface area contributed by atoms with E-state index in [0.29, 0.717) is 31.3 Å². The van der Waals surface area contributed by atoms with Gasteiger partial charge < -0.3 is 24.1 Å². The molecule has 0 aromatic heterocycles. The lowest BCUT2D eigenvalue weighted by Crippen LogP contribution is -2.68. The summed E-state index contributed by atoms with van der Waals surface area (Å²) in [6, 6.07) is 0. The van der Waals surface area contributed by atoms with Crippen LogP contribution in [0.15, 0.2) is 23.8 Å². The molecule has 0 unspecified atom stereocenters. The predicted octanol–water partition coefficient (Wildman–Crippen LogP) is 3.10. The standard InChI is InChI=1S/C24H32O6/c1-14-8-16-17-5-7-23(24(30-13-28-23)11-27-12-29-24)22(17,3)20(26)10-19(16)21(2)6-4-15(25)9-18(14)21/h9,16-17,19-20,26H,1,4-8,10-13H2,2-3H3/t16-,17+,19-,20-,21-,22+,23+,24+/m0/s1. The number of hydrogen-bond acceptors (Lipinski definition) is 6. The van der Waals surface area contributed by atoms with Crippen LogP contribution < -0.4 is 0 Å². The second-order valence-electron chi connectivity index (χ2n) is 10.8. The largest absolute Gasteiger partial charge is 0.392 e. The SMILES string of the molecule is C=C1C[C@H]2[C@H]3CC[C@@]4(OCO[C@]45COCO5)[C@@]3(C)[C@@H](O)C[C@@H]2[C@@]2(C)CCC(=O)C=C12. The Bertz CT molecular complexity index is 837. The first-order valence-corrected chi connectivity index (χ1v) is 11.4. The normalized spacial score (nSPS) is 55.0. The van der Waals surface area contributed by atoms with Crippen LogP contribution in [0.5, 0.6) is 0 Å². The molecule has 6 aliphatic rings. The highest BCUT2D eigenvalue weighted by Gasteiger charge is 2.78. The third kappa shape index (κ3) is 2.06. The van der Waals surface area contributed by atoms with Gasteiger partial charge in [-0.25, -0.2) is 0 Å². The molecule has 30 heavy (non-hydrogen) atoms. The van der Waals surface area contributed by atoms with Crippen LogP contribution in [-0.2, 0) is 23.7 Å². The van der Waals surface area contributed by atoms with Crippen LogP contribution >= 0.6 is 0 Å². The van der Waals surface area contributed by atoms with Gasteiger partial charge in [0.25, 0.3) is 0 Å². The maximum atomic E-state index is 12.2. The quantitative estimate of drug-likeness (QED) is 0.654. The Morgan fingerprint density at radius 1 is 1.13 bits per heavy atom. The van der Waals surface area contributed by atoms with Crippen molar-refractivity contribution in [3.63, 3.8) is 0 Å². The third-order valence-electron chi connectivity index (χ3n) is 10.0. The van der Waals surface area contributed by atoms with Crippen molar-refractivity contribution >= 4 is 5.78 Å². The highest BCUT2D eigenvalue weighted by molar-refractivity contribution is 5.92. The Morgan fingerprint density at radius 3 is 2.70 bits per heavy atom. The van der Waals surface area contributed by atoms with Crippen molar-refractivity contribution in [1.82, 2.24) is 0 Å². The number of ketones is 1. The molecule has 0 bridgehead atoms. The predicted molar refractivity (Wildman–Crippen MR) is 107 cm³/mol. The van der Waals surface area contributed by atoms with E-state index in [9.17, 15) is 9.90 Å². The van der Waals surface area contributed by atoms with Gasteiger partial charge in [0.2, 0.25) is 5.79 Å². The van der Waals surface area contributed by atoms with Crippen LogP contribution in [0, 0.1) is 28.6 Å². The molecule has 8 atom stereocenters. The summed E-state index contributed by atoms with van der Waals surface area (Å²) >= 11 is 0. The molecule has 4 aliphatic carbocycles. The first kappa shape index (κ1) is 19.6. The molecule has 0 aromatic carbocycles. The van der Waals surface area contributed by atoms with E-state index in [2.05, 4.69) is 20.4 Å². The molecule has 6 heteroatoms. The number of allylic oxidation sites excluding steroid dienone is 2. The Labute approximate surface area is 177 Å². The molecule has 6 rings (SSSR count). The smallest absolute Gasteiger partial charge is 0.226 e. The van der Waals surface area contributed by atoms with Crippen molar-refractivity contribution in [2.45, 2.75) is 69.9 Å². The zero-order valence-electron chi connectivity index (χ0n) is 17.9. The van der Waals surface area contributed by atoms with E-state index >= 15 is 0 Å². The van der Waals surface area contributed by atoms with Gasteiger partial charge in [-0.1, -0.05) is 26.0 Å². The van der Waals surface area contributed by atoms with E-state index in [1.54, 1.807) is 0 Å². The van der Waals surface area contributed by atoms with Crippen molar-refractivity contribution in [3.8, 4) is 0 Å². The number of fused-ring (bicyclic) bond motifs is 7. The highest BCUT2D eigenvalue weighted by Crippen LogP contribution is 2.71. The van der Waals surface area contributed by atoms with Gasteiger partial charge in [0.05, 0.1) is 6.10 Å². The fourth-order valence-electron chi connectivity index (χ4n) is 8.51. The number of aliphatic hydroxyl groups excluding tert-OH is 1. The number of aliphatic hydroxyl groups is 1. The average molecular weight is 417 g/mol. The lowest BCUT2D eigenvalue weighted by molar-refractivity contribution is -0.269. The van der Waals surface area contributed by atoms with Gasteiger partial charge in [0.15, 0.2) is 19.4 Å². The number of ether oxygens (including phenoxy) is 4. The Balaban J connectivity index is 1.43. The van der Waals surface area contributed by atoms with Gasteiger partial charge >= 0.3 is 0 Å². The van der Waals surface area contributed by atoms with Crippen LogP contribution in [0.1, 0.15) is 52.4 Å².